The van der Waals surface area contributed by atoms with Gasteiger partial charge in [-0.2, -0.15) is 0 Å². The van der Waals surface area contributed by atoms with E-state index in [9.17, 15) is 0 Å². The summed E-state index contributed by atoms with van der Waals surface area (Å²) in [7, 11) is 0. The molecule has 0 saturated carbocycles. The highest BCUT2D eigenvalue weighted by Crippen LogP contribution is 2.30. The molecule has 0 heterocycles. The largest absolute Gasteiger partial charge is 0.385 e. The van der Waals surface area contributed by atoms with Crippen molar-refractivity contribution in [2.45, 2.75) is 27.7 Å². The Morgan fingerprint density at radius 2 is 1.29 bits per heavy atom. The maximum absolute atomic E-state index is 3.38. The van der Waals surface area contributed by atoms with Gasteiger partial charge in [-0.05, 0) is 74.3 Å². The van der Waals surface area contributed by atoms with Gasteiger partial charge in [-0.3, -0.25) is 0 Å². The Labute approximate surface area is 169 Å². The summed E-state index contributed by atoms with van der Waals surface area (Å²) in [5, 5.41) is 3.38. The lowest BCUT2D eigenvalue weighted by Crippen LogP contribution is -2.19. The van der Waals surface area contributed by atoms with Gasteiger partial charge >= 0.3 is 0 Å². The van der Waals surface area contributed by atoms with Crippen LogP contribution in [0.4, 0.5) is 5.69 Å². The molecule has 0 atom stereocenters. The van der Waals surface area contributed by atoms with Crippen molar-refractivity contribution in [2.24, 2.45) is 0 Å². The molecular formula is C26H31N2+. The lowest BCUT2D eigenvalue weighted by molar-refractivity contribution is -0.519. The third kappa shape index (κ3) is 4.51. The first-order chi connectivity index (χ1) is 13.7. The van der Waals surface area contributed by atoms with Crippen LogP contribution in [0, 0.1) is 6.92 Å². The van der Waals surface area contributed by atoms with Crippen LogP contribution < -0.4 is 5.32 Å². The summed E-state index contributed by atoms with van der Waals surface area (Å²) in [5.41, 5.74) is 8.72. The van der Waals surface area contributed by atoms with Crippen LogP contribution in [0.2, 0.25) is 0 Å². The lowest BCUT2D eigenvalue weighted by atomic mass is 9.90. The first-order valence-corrected chi connectivity index (χ1v) is 10.3. The van der Waals surface area contributed by atoms with Gasteiger partial charge in [-0.25, -0.2) is 4.58 Å². The van der Waals surface area contributed by atoms with Crippen molar-refractivity contribution in [3.63, 3.8) is 0 Å². The molecule has 2 nitrogen and oxygen atoms in total. The molecule has 28 heavy (non-hydrogen) atoms. The first kappa shape index (κ1) is 19.9. The molecule has 0 aliphatic heterocycles. The third-order valence-corrected chi connectivity index (χ3v) is 5.18. The van der Waals surface area contributed by atoms with Crippen LogP contribution in [0.5, 0.6) is 0 Å². The molecule has 1 aliphatic carbocycles. The third-order valence-electron chi connectivity index (χ3n) is 5.18. The van der Waals surface area contributed by atoms with Crippen LogP contribution in [0.15, 0.2) is 78.4 Å². The quantitative estimate of drug-likeness (QED) is 0.630. The molecule has 3 rings (SSSR count). The SMILES string of the molecule is CCNc1ccc(C(=C2C=CC(=[N+](CC)CC)C=C2)c2ccc(C)cc2)cc1. The molecule has 0 unspecified atom stereocenters. The molecule has 0 radical (unpaired) electrons. The highest BCUT2D eigenvalue weighted by atomic mass is 15.0. The highest BCUT2D eigenvalue weighted by molar-refractivity contribution is 6.04. The maximum atomic E-state index is 3.38. The maximum Gasteiger partial charge on any atom is 0.199 e. The number of rotatable bonds is 6. The predicted octanol–water partition coefficient (Wildman–Crippen LogP) is 5.85. The van der Waals surface area contributed by atoms with Crippen molar-refractivity contribution < 1.29 is 4.58 Å². The fourth-order valence-corrected chi connectivity index (χ4v) is 3.61. The molecule has 0 aromatic heterocycles. The average molecular weight is 372 g/mol. The number of nitrogens with one attached hydrogen (secondary N) is 1. The predicted molar refractivity (Wildman–Crippen MR) is 122 cm³/mol. The van der Waals surface area contributed by atoms with E-state index < -0.39 is 0 Å². The van der Waals surface area contributed by atoms with Gasteiger partial charge in [0.2, 0.25) is 0 Å². The van der Waals surface area contributed by atoms with Crippen LogP contribution in [-0.2, 0) is 0 Å². The zero-order chi connectivity index (χ0) is 19.9. The van der Waals surface area contributed by atoms with Gasteiger partial charge in [0.15, 0.2) is 5.71 Å². The second kappa shape index (κ2) is 9.36. The topological polar surface area (TPSA) is 15.0 Å². The van der Waals surface area contributed by atoms with Crippen molar-refractivity contribution in [3.8, 4) is 0 Å². The van der Waals surface area contributed by atoms with E-state index in [2.05, 4.69) is 110 Å². The smallest absolute Gasteiger partial charge is 0.199 e. The van der Waals surface area contributed by atoms with E-state index in [4.69, 9.17) is 0 Å². The van der Waals surface area contributed by atoms with Crippen molar-refractivity contribution in [2.75, 3.05) is 25.0 Å². The summed E-state index contributed by atoms with van der Waals surface area (Å²) >= 11 is 0. The van der Waals surface area contributed by atoms with Gasteiger partial charge in [0.1, 0.15) is 13.1 Å². The van der Waals surface area contributed by atoms with E-state index >= 15 is 0 Å². The van der Waals surface area contributed by atoms with E-state index in [0.29, 0.717) is 0 Å². The molecule has 0 fully saturated rings. The van der Waals surface area contributed by atoms with Crippen molar-refractivity contribution >= 4 is 17.0 Å². The second-order valence-electron chi connectivity index (χ2n) is 7.07. The monoisotopic (exact) mass is 371 g/mol. The molecule has 144 valence electrons. The molecule has 1 aliphatic rings. The minimum absolute atomic E-state index is 0.931. The normalized spacial score (nSPS) is 13.0. The average Bonchev–Trinajstić information content (AvgIpc) is 2.73. The van der Waals surface area contributed by atoms with Gasteiger partial charge < -0.3 is 5.32 Å². The summed E-state index contributed by atoms with van der Waals surface area (Å²) in [4.78, 5) is 0. The molecular weight excluding hydrogens is 340 g/mol. The summed E-state index contributed by atoms with van der Waals surface area (Å²) < 4.78 is 2.38. The summed E-state index contributed by atoms with van der Waals surface area (Å²) in [6, 6.07) is 17.6. The fourth-order valence-electron chi connectivity index (χ4n) is 3.61. The molecule has 2 aromatic rings. The van der Waals surface area contributed by atoms with Crippen molar-refractivity contribution in [1.82, 2.24) is 0 Å². The number of allylic oxidation sites excluding steroid dienone is 5. The molecule has 0 saturated heterocycles. The Morgan fingerprint density at radius 1 is 0.750 bits per heavy atom. The van der Waals surface area contributed by atoms with Crippen molar-refractivity contribution in [3.05, 3.63) is 95.1 Å². The van der Waals surface area contributed by atoms with Crippen molar-refractivity contribution in [1.29, 1.82) is 0 Å². The second-order valence-corrected chi connectivity index (χ2v) is 7.07. The minimum atomic E-state index is 0.931. The Hall–Kier alpha value is -2.87. The van der Waals surface area contributed by atoms with Gasteiger partial charge in [0.05, 0.1) is 0 Å². The number of hydrogen-bond donors (Lipinski definition) is 1. The Morgan fingerprint density at radius 3 is 1.79 bits per heavy atom. The Bertz CT molecular complexity index is 899. The number of benzene rings is 2. The van der Waals surface area contributed by atoms with E-state index in [0.717, 1.165) is 25.3 Å². The number of nitrogens with zero attached hydrogens (tertiary/aromatic N) is 1. The van der Waals surface area contributed by atoms with E-state index in [1.165, 1.54) is 33.5 Å². The minimum Gasteiger partial charge on any atom is -0.385 e. The molecule has 1 N–H and O–H groups in total. The zero-order valence-corrected chi connectivity index (χ0v) is 17.5. The van der Waals surface area contributed by atoms with Gasteiger partial charge in [-0.15, -0.1) is 0 Å². The van der Waals surface area contributed by atoms with Gasteiger partial charge in [-0.1, -0.05) is 42.0 Å². The number of hydrogen-bond acceptors (Lipinski definition) is 1. The van der Waals surface area contributed by atoms with Gasteiger partial charge in [0.25, 0.3) is 0 Å². The summed E-state index contributed by atoms with van der Waals surface area (Å²) in [6.07, 6.45) is 8.98. The van der Waals surface area contributed by atoms with Crippen LogP contribution in [0.3, 0.4) is 0 Å². The zero-order valence-electron chi connectivity index (χ0n) is 17.5. The van der Waals surface area contributed by atoms with Crippen LogP contribution >= 0.6 is 0 Å². The highest BCUT2D eigenvalue weighted by Gasteiger charge is 2.14. The van der Waals surface area contributed by atoms with E-state index in [1.807, 2.05) is 0 Å². The number of anilines is 1. The van der Waals surface area contributed by atoms with Crippen LogP contribution in [-0.4, -0.2) is 29.9 Å². The standard InChI is InChI=1S/C26H30N2/c1-5-27-24-16-12-22(13-17-24)26(21-10-8-20(4)9-11-21)23-14-18-25(19-15-23)28(6-2)7-3/h8-19H,5-7H2,1-4H3/p+1. The Balaban J connectivity index is 2.08. The summed E-state index contributed by atoms with van der Waals surface area (Å²) in [6.45, 7) is 11.6. The summed E-state index contributed by atoms with van der Waals surface area (Å²) in [5.74, 6) is 0. The van der Waals surface area contributed by atoms with Gasteiger partial charge in [0, 0.05) is 24.4 Å². The fraction of sp³-hybridized carbons (Fsp3) is 0.269. The molecule has 2 aromatic carbocycles. The molecule has 0 bridgehead atoms. The molecule has 2 heteroatoms. The number of aryl methyl sites for hydroxylation is 1. The lowest BCUT2D eigenvalue weighted by Gasteiger charge is -2.15. The van der Waals surface area contributed by atoms with E-state index in [1.54, 1.807) is 0 Å². The molecule has 0 spiro atoms. The Kier molecular flexibility index (Phi) is 6.65. The van der Waals surface area contributed by atoms with E-state index in [-0.39, 0.29) is 0 Å². The van der Waals surface area contributed by atoms with Crippen LogP contribution in [0.1, 0.15) is 37.5 Å². The molecule has 0 amide bonds. The van der Waals surface area contributed by atoms with Crippen LogP contribution in [0.25, 0.3) is 5.57 Å². The first-order valence-electron chi connectivity index (χ1n) is 10.3.